The van der Waals surface area contributed by atoms with Crippen molar-refractivity contribution in [2.24, 2.45) is 0 Å². The van der Waals surface area contributed by atoms with E-state index in [9.17, 15) is 9.59 Å². The maximum atomic E-state index is 11.1. The lowest BCUT2D eigenvalue weighted by atomic mass is 10.2. The fraction of sp³-hybridized carbons (Fsp3) is 0.833. The van der Waals surface area contributed by atoms with Gasteiger partial charge in [-0.1, -0.05) is 6.92 Å². The highest BCUT2D eigenvalue weighted by molar-refractivity contribution is 5.70. The average molecular weight is 246 g/mol. The van der Waals surface area contributed by atoms with Gasteiger partial charge in [0.15, 0.2) is 0 Å². The molecular formula is C12H22O5. The molecule has 0 N–H and O–H groups in total. The zero-order valence-electron chi connectivity index (χ0n) is 10.7. The van der Waals surface area contributed by atoms with Gasteiger partial charge in [0.2, 0.25) is 0 Å². The molecule has 0 aliphatic heterocycles. The first kappa shape index (κ1) is 15.9. The van der Waals surface area contributed by atoms with Crippen LogP contribution in [-0.2, 0) is 23.8 Å². The molecule has 100 valence electrons. The topological polar surface area (TPSA) is 61.8 Å². The molecule has 5 heteroatoms. The van der Waals surface area contributed by atoms with E-state index in [0.717, 1.165) is 6.42 Å². The minimum atomic E-state index is -0.246. The first-order valence-corrected chi connectivity index (χ1v) is 6.00. The summed E-state index contributed by atoms with van der Waals surface area (Å²) < 4.78 is 14.5. The van der Waals surface area contributed by atoms with E-state index in [-0.39, 0.29) is 18.5 Å². The Morgan fingerprint density at radius 1 is 0.882 bits per heavy atom. The fourth-order valence-corrected chi connectivity index (χ4v) is 1.14. The number of carbonyl (C=O) groups excluding carboxylic acids is 2. The molecule has 0 amide bonds. The SMILES string of the molecule is CCCOC(=O)CCCCC(=O)OCCOC. The molecule has 0 unspecified atom stereocenters. The highest BCUT2D eigenvalue weighted by Gasteiger charge is 2.05. The van der Waals surface area contributed by atoms with E-state index in [0.29, 0.717) is 38.9 Å². The minimum Gasteiger partial charge on any atom is -0.466 e. The van der Waals surface area contributed by atoms with Crippen LogP contribution in [-0.4, -0.2) is 38.9 Å². The molecule has 0 rings (SSSR count). The fourth-order valence-electron chi connectivity index (χ4n) is 1.14. The second-order valence-electron chi connectivity index (χ2n) is 3.64. The molecule has 0 aromatic heterocycles. The van der Waals surface area contributed by atoms with Crippen molar-refractivity contribution in [1.29, 1.82) is 0 Å². The molecule has 0 aromatic carbocycles. The molecule has 0 saturated carbocycles. The molecule has 5 nitrogen and oxygen atoms in total. The number of hydrogen-bond donors (Lipinski definition) is 0. The lowest BCUT2D eigenvalue weighted by Crippen LogP contribution is -2.10. The number of rotatable bonds is 10. The molecule has 0 aliphatic rings. The standard InChI is InChI=1S/C12H22O5/c1-3-8-16-11(13)6-4-5-7-12(14)17-10-9-15-2/h3-10H2,1-2H3. The molecule has 0 radical (unpaired) electrons. The lowest BCUT2D eigenvalue weighted by Gasteiger charge is -2.04. The first-order chi connectivity index (χ1) is 8.20. The van der Waals surface area contributed by atoms with Crippen LogP contribution in [0.15, 0.2) is 0 Å². The van der Waals surface area contributed by atoms with Gasteiger partial charge in [0.1, 0.15) is 6.61 Å². The molecule has 0 fully saturated rings. The van der Waals surface area contributed by atoms with Gasteiger partial charge in [-0.15, -0.1) is 0 Å². The van der Waals surface area contributed by atoms with Crippen LogP contribution in [0.2, 0.25) is 0 Å². The van der Waals surface area contributed by atoms with E-state index in [1.165, 1.54) is 0 Å². The summed E-state index contributed by atoms with van der Waals surface area (Å²) in [6, 6.07) is 0. The Labute approximate surface area is 102 Å². The molecule has 0 aromatic rings. The van der Waals surface area contributed by atoms with E-state index in [1.807, 2.05) is 6.92 Å². The highest BCUT2D eigenvalue weighted by atomic mass is 16.6. The summed E-state index contributed by atoms with van der Waals surface area (Å²) in [5.41, 5.74) is 0. The zero-order valence-corrected chi connectivity index (χ0v) is 10.7. The summed E-state index contributed by atoms with van der Waals surface area (Å²) in [5, 5.41) is 0. The van der Waals surface area contributed by atoms with Gasteiger partial charge in [-0.2, -0.15) is 0 Å². The predicted octanol–water partition coefficient (Wildman–Crippen LogP) is 1.69. The Balaban J connectivity index is 3.32. The number of methoxy groups -OCH3 is 1. The van der Waals surface area contributed by atoms with Gasteiger partial charge in [-0.25, -0.2) is 0 Å². The molecule has 0 bridgehead atoms. The molecule has 0 spiro atoms. The van der Waals surface area contributed by atoms with E-state index in [4.69, 9.17) is 14.2 Å². The Morgan fingerprint density at radius 2 is 1.41 bits per heavy atom. The summed E-state index contributed by atoms with van der Waals surface area (Å²) >= 11 is 0. The van der Waals surface area contributed by atoms with Gasteiger partial charge in [-0.3, -0.25) is 9.59 Å². The normalized spacial score (nSPS) is 10.0. The number of ether oxygens (including phenoxy) is 3. The third kappa shape index (κ3) is 11.2. The van der Waals surface area contributed by atoms with Crippen molar-refractivity contribution in [3.63, 3.8) is 0 Å². The van der Waals surface area contributed by atoms with Crippen molar-refractivity contribution in [1.82, 2.24) is 0 Å². The second kappa shape index (κ2) is 11.4. The van der Waals surface area contributed by atoms with Gasteiger partial charge in [0, 0.05) is 20.0 Å². The monoisotopic (exact) mass is 246 g/mol. The second-order valence-corrected chi connectivity index (χ2v) is 3.64. The Kier molecular flexibility index (Phi) is 10.7. The largest absolute Gasteiger partial charge is 0.466 e. The Morgan fingerprint density at radius 3 is 1.88 bits per heavy atom. The molecule has 0 aliphatic carbocycles. The van der Waals surface area contributed by atoms with Crippen LogP contribution in [0.3, 0.4) is 0 Å². The molecule has 0 heterocycles. The van der Waals surface area contributed by atoms with Crippen LogP contribution in [0.1, 0.15) is 39.0 Å². The van der Waals surface area contributed by atoms with Crippen molar-refractivity contribution in [2.45, 2.75) is 39.0 Å². The number of esters is 2. The van der Waals surface area contributed by atoms with Crippen LogP contribution >= 0.6 is 0 Å². The third-order valence-corrected chi connectivity index (χ3v) is 2.03. The van der Waals surface area contributed by atoms with E-state index in [1.54, 1.807) is 7.11 Å². The molecule has 0 saturated heterocycles. The maximum absolute atomic E-state index is 11.1. The van der Waals surface area contributed by atoms with Crippen molar-refractivity contribution in [3.05, 3.63) is 0 Å². The minimum absolute atomic E-state index is 0.195. The number of carbonyl (C=O) groups is 2. The Bertz CT molecular complexity index is 215. The zero-order chi connectivity index (χ0) is 12.9. The van der Waals surface area contributed by atoms with Gasteiger partial charge in [-0.05, 0) is 19.3 Å². The lowest BCUT2D eigenvalue weighted by molar-refractivity contribution is -0.146. The van der Waals surface area contributed by atoms with E-state index >= 15 is 0 Å². The summed E-state index contributed by atoms with van der Waals surface area (Å²) in [6.45, 7) is 3.12. The van der Waals surface area contributed by atoms with Crippen LogP contribution < -0.4 is 0 Å². The van der Waals surface area contributed by atoms with Crippen molar-refractivity contribution in [3.8, 4) is 0 Å². The predicted molar refractivity (Wildman–Crippen MR) is 62.6 cm³/mol. The van der Waals surface area contributed by atoms with Crippen molar-refractivity contribution in [2.75, 3.05) is 26.9 Å². The smallest absolute Gasteiger partial charge is 0.305 e. The summed E-state index contributed by atoms with van der Waals surface area (Å²) in [6.07, 6.45) is 2.84. The van der Waals surface area contributed by atoms with Gasteiger partial charge < -0.3 is 14.2 Å². The summed E-state index contributed by atoms with van der Waals surface area (Å²) in [7, 11) is 1.55. The first-order valence-electron chi connectivity index (χ1n) is 6.00. The van der Waals surface area contributed by atoms with Gasteiger partial charge in [0.05, 0.1) is 13.2 Å². The van der Waals surface area contributed by atoms with Crippen LogP contribution in [0.5, 0.6) is 0 Å². The van der Waals surface area contributed by atoms with Crippen molar-refractivity contribution < 1.29 is 23.8 Å². The highest BCUT2D eigenvalue weighted by Crippen LogP contribution is 2.03. The molecular weight excluding hydrogens is 224 g/mol. The summed E-state index contributed by atoms with van der Waals surface area (Å²) in [5.74, 6) is -0.441. The van der Waals surface area contributed by atoms with Crippen LogP contribution in [0.4, 0.5) is 0 Å². The van der Waals surface area contributed by atoms with E-state index in [2.05, 4.69) is 0 Å². The van der Waals surface area contributed by atoms with Crippen LogP contribution in [0.25, 0.3) is 0 Å². The summed E-state index contributed by atoms with van der Waals surface area (Å²) in [4.78, 5) is 22.2. The Hall–Kier alpha value is -1.10. The maximum Gasteiger partial charge on any atom is 0.305 e. The number of unbranched alkanes of at least 4 members (excludes halogenated alkanes) is 1. The third-order valence-electron chi connectivity index (χ3n) is 2.03. The molecule has 17 heavy (non-hydrogen) atoms. The van der Waals surface area contributed by atoms with E-state index < -0.39 is 0 Å². The van der Waals surface area contributed by atoms with Crippen LogP contribution in [0, 0.1) is 0 Å². The quantitative estimate of drug-likeness (QED) is 0.433. The van der Waals surface area contributed by atoms with Gasteiger partial charge >= 0.3 is 11.9 Å². The average Bonchev–Trinajstić information content (AvgIpc) is 2.32. The van der Waals surface area contributed by atoms with Crippen molar-refractivity contribution >= 4 is 11.9 Å². The van der Waals surface area contributed by atoms with Gasteiger partial charge in [0.25, 0.3) is 0 Å². The molecule has 0 atom stereocenters. The number of hydrogen-bond acceptors (Lipinski definition) is 5.